The lowest BCUT2D eigenvalue weighted by Gasteiger charge is -2.10. The molecule has 6 heteroatoms. The fourth-order valence-corrected chi connectivity index (χ4v) is 3.29. The average molecular weight is 306 g/mol. The van der Waals surface area contributed by atoms with E-state index in [2.05, 4.69) is 15.5 Å². The van der Waals surface area contributed by atoms with E-state index in [0.717, 1.165) is 24.4 Å². The van der Waals surface area contributed by atoms with Crippen LogP contribution in [0.5, 0.6) is 0 Å². The first-order chi connectivity index (χ1) is 10.2. The molecule has 3 rings (SSSR count). The van der Waals surface area contributed by atoms with Crippen LogP contribution in [0.1, 0.15) is 38.5 Å². The molecule has 2 aromatic rings. The fourth-order valence-electron chi connectivity index (χ4n) is 3.09. The van der Waals surface area contributed by atoms with E-state index in [0.29, 0.717) is 16.5 Å². The number of rotatable bonds is 5. The summed E-state index contributed by atoms with van der Waals surface area (Å²) in [5, 5.41) is 12.6. The first-order valence-corrected chi connectivity index (χ1v) is 7.93. The number of hydrogen-bond donors (Lipinski definition) is 1. The smallest absolute Gasteiger partial charge is 0.183 e. The third-order valence-corrected chi connectivity index (χ3v) is 4.55. The lowest BCUT2D eigenvalue weighted by Crippen LogP contribution is -2.05. The Morgan fingerprint density at radius 2 is 2.10 bits per heavy atom. The van der Waals surface area contributed by atoms with E-state index in [-0.39, 0.29) is 0 Å². The minimum atomic E-state index is 0.621. The van der Waals surface area contributed by atoms with E-state index in [1.54, 1.807) is 12.1 Å². The fraction of sp³-hybridized carbons (Fsp3) is 0.533. The van der Waals surface area contributed by atoms with Gasteiger partial charge in [-0.15, -0.1) is 5.10 Å². The van der Waals surface area contributed by atoms with Gasteiger partial charge in [0.05, 0.1) is 5.02 Å². The monoisotopic (exact) mass is 305 g/mol. The average Bonchev–Trinajstić information content (AvgIpc) is 3.13. The minimum Gasteiger partial charge on any atom is -0.399 e. The lowest BCUT2D eigenvalue weighted by molar-refractivity contribution is 0.444. The Hall–Kier alpha value is -1.62. The molecule has 0 atom stereocenters. The van der Waals surface area contributed by atoms with Crippen molar-refractivity contribution in [2.45, 2.75) is 45.1 Å². The Balaban J connectivity index is 1.69. The quantitative estimate of drug-likeness (QED) is 0.858. The SMILES string of the molecule is Nc1ccc(Cl)c(-c2nnnn2CCCC2CCCC2)c1. The molecular weight excluding hydrogens is 286 g/mol. The van der Waals surface area contributed by atoms with Crippen molar-refractivity contribution in [3.63, 3.8) is 0 Å². The number of anilines is 1. The van der Waals surface area contributed by atoms with Gasteiger partial charge in [-0.2, -0.15) is 0 Å². The molecule has 2 N–H and O–H groups in total. The number of tetrazole rings is 1. The van der Waals surface area contributed by atoms with Crippen LogP contribution in [0.3, 0.4) is 0 Å². The molecular formula is C15H20ClN5. The molecule has 0 aliphatic heterocycles. The van der Waals surface area contributed by atoms with E-state index in [4.69, 9.17) is 17.3 Å². The van der Waals surface area contributed by atoms with Crippen molar-refractivity contribution >= 4 is 17.3 Å². The van der Waals surface area contributed by atoms with E-state index in [1.165, 1.54) is 32.1 Å². The molecule has 0 spiro atoms. The summed E-state index contributed by atoms with van der Waals surface area (Å²) in [4.78, 5) is 0. The van der Waals surface area contributed by atoms with Crippen LogP contribution in [0.2, 0.25) is 5.02 Å². The molecule has 1 fully saturated rings. The molecule has 1 aromatic carbocycles. The zero-order valence-electron chi connectivity index (χ0n) is 12.0. The Morgan fingerprint density at radius 3 is 2.90 bits per heavy atom. The summed E-state index contributed by atoms with van der Waals surface area (Å²) in [6.45, 7) is 0.823. The number of aryl methyl sites for hydroxylation is 1. The van der Waals surface area contributed by atoms with Crippen molar-refractivity contribution in [3.05, 3.63) is 23.2 Å². The second-order valence-corrected chi connectivity index (χ2v) is 6.16. The topological polar surface area (TPSA) is 69.6 Å². The molecule has 0 bridgehead atoms. The lowest BCUT2D eigenvalue weighted by atomic mass is 10.0. The zero-order chi connectivity index (χ0) is 14.7. The van der Waals surface area contributed by atoms with E-state index in [1.807, 2.05) is 10.7 Å². The van der Waals surface area contributed by atoms with Gasteiger partial charge < -0.3 is 5.73 Å². The maximum atomic E-state index is 6.23. The van der Waals surface area contributed by atoms with Crippen molar-refractivity contribution in [2.75, 3.05) is 5.73 Å². The first kappa shape index (κ1) is 14.3. The van der Waals surface area contributed by atoms with Crippen molar-refractivity contribution < 1.29 is 0 Å². The van der Waals surface area contributed by atoms with Gasteiger partial charge in [0.15, 0.2) is 5.82 Å². The number of benzene rings is 1. The normalized spacial score (nSPS) is 15.7. The molecule has 112 valence electrons. The molecule has 1 saturated carbocycles. The Kier molecular flexibility index (Phi) is 4.39. The standard InChI is InChI=1S/C15H20ClN5/c16-14-8-7-12(17)10-13(14)15-18-19-20-21(15)9-3-6-11-4-1-2-5-11/h7-8,10-11H,1-6,9,17H2. The molecule has 0 amide bonds. The Morgan fingerprint density at radius 1 is 1.29 bits per heavy atom. The number of hydrogen-bond acceptors (Lipinski definition) is 4. The van der Waals surface area contributed by atoms with Gasteiger partial charge >= 0.3 is 0 Å². The van der Waals surface area contributed by atoms with Crippen LogP contribution in [0.4, 0.5) is 5.69 Å². The van der Waals surface area contributed by atoms with Gasteiger partial charge in [0.25, 0.3) is 0 Å². The Bertz CT molecular complexity index is 604. The summed E-state index contributed by atoms with van der Waals surface area (Å²) in [6.07, 6.45) is 7.89. The van der Waals surface area contributed by atoms with Crippen LogP contribution in [0.15, 0.2) is 18.2 Å². The maximum absolute atomic E-state index is 6.23. The van der Waals surface area contributed by atoms with E-state index in [9.17, 15) is 0 Å². The minimum absolute atomic E-state index is 0.621. The van der Waals surface area contributed by atoms with Crippen LogP contribution in [-0.2, 0) is 6.54 Å². The van der Waals surface area contributed by atoms with Gasteiger partial charge in [-0.3, -0.25) is 0 Å². The number of nitrogen functional groups attached to an aromatic ring is 1. The van der Waals surface area contributed by atoms with Crippen LogP contribution < -0.4 is 5.73 Å². The van der Waals surface area contributed by atoms with Gasteiger partial charge in [-0.1, -0.05) is 37.3 Å². The van der Waals surface area contributed by atoms with Gasteiger partial charge in [-0.25, -0.2) is 4.68 Å². The second-order valence-electron chi connectivity index (χ2n) is 5.76. The van der Waals surface area contributed by atoms with Crippen molar-refractivity contribution in [1.82, 2.24) is 20.2 Å². The molecule has 1 aliphatic carbocycles. The molecule has 1 aromatic heterocycles. The highest BCUT2D eigenvalue weighted by atomic mass is 35.5. The van der Waals surface area contributed by atoms with Crippen LogP contribution in [0.25, 0.3) is 11.4 Å². The third-order valence-electron chi connectivity index (χ3n) is 4.22. The summed E-state index contributed by atoms with van der Waals surface area (Å²) in [5.74, 6) is 1.58. The largest absolute Gasteiger partial charge is 0.399 e. The van der Waals surface area contributed by atoms with Gasteiger partial charge in [0.2, 0.25) is 0 Å². The molecule has 0 unspecified atom stereocenters. The van der Waals surface area contributed by atoms with E-state index < -0.39 is 0 Å². The summed E-state index contributed by atoms with van der Waals surface area (Å²) >= 11 is 6.23. The number of nitrogens with two attached hydrogens (primary N) is 1. The van der Waals surface area contributed by atoms with Crippen molar-refractivity contribution in [3.8, 4) is 11.4 Å². The summed E-state index contributed by atoms with van der Waals surface area (Å²) < 4.78 is 1.83. The molecule has 0 radical (unpaired) electrons. The van der Waals surface area contributed by atoms with Crippen LogP contribution >= 0.6 is 11.6 Å². The third kappa shape index (κ3) is 3.35. The number of nitrogens with zero attached hydrogens (tertiary/aromatic N) is 4. The molecule has 5 nitrogen and oxygen atoms in total. The summed E-state index contributed by atoms with van der Waals surface area (Å²) in [7, 11) is 0. The second kappa shape index (κ2) is 6.43. The summed E-state index contributed by atoms with van der Waals surface area (Å²) in [5.41, 5.74) is 7.29. The highest BCUT2D eigenvalue weighted by Gasteiger charge is 2.16. The molecule has 0 saturated heterocycles. The maximum Gasteiger partial charge on any atom is 0.183 e. The van der Waals surface area contributed by atoms with Gasteiger partial charge in [-0.05, 0) is 47.4 Å². The predicted molar refractivity (Wildman–Crippen MR) is 83.9 cm³/mol. The first-order valence-electron chi connectivity index (χ1n) is 7.55. The van der Waals surface area contributed by atoms with E-state index >= 15 is 0 Å². The highest BCUT2D eigenvalue weighted by Crippen LogP contribution is 2.30. The van der Waals surface area contributed by atoms with Crippen LogP contribution in [-0.4, -0.2) is 20.2 Å². The molecule has 1 aliphatic rings. The zero-order valence-corrected chi connectivity index (χ0v) is 12.8. The predicted octanol–water partition coefficient (Wildman–Crippen LogP) is 3.55. The molecule has 1 heterocycles. The van der Waals surface area contributed by atoms with Crippen molar-refractivity contribution in [2.24, 2.45) is 5.92 Å². The highest BCUT2D eigenvalue weighted by molar-refractivity contribution is 6.33. The summed E-state index contributed by atoms with van der Waals surface area (Å²) in [6, 6.07) is 5.38. The Labute approximate surface area is 129 Å². The number of halogens is 1. The van der Waals surface area contributed by atoms with Crippen molar-refractivity contribution in [1.29, 1.82) is 0 Å². The molecule has 21 heavy (non-hydrogen) atoms. The van der Waals surface area contributed by atoms with Crippen LogP contribution in [0, 0.1) is 5.92 Å². The van der Waals surface area contributed by atoms with Gasteiger partial charge in [0.1, 0.15) is 0 Å². The number of aromatic nitrogens is 4. The van der Waals surface area contributed by atoms with Gasteiger partial charge in [0, 0.05) is 17.8 Å².